The summed E-state index contributed by atoms with van der Waals surface area (Å²) in [5.74, 6) is -0.316. The molecule has 0 spiro atoms. The van der Waals surface area contributed by atoms with Crippen LogP contribution in [0.5, 0.6) is 0 Å². The Balaban J connectivity index is 1.75. The van der Waals surface area contributed by atoms with Crippen LogP contribution in [0.1, 0.15) is 31.4 Å². The molecule has 7 nitrogen and oxygen atoms in total. The normalized spacial score (nSPS) is 11.5. The highest BCUT2D eigenvalue weighted by Gasteiger charge is 2.22. The van der Waals surface area contributed by atoms with Gasteiger partial charge in [-0.2, -0.15) is 4.31 Å². The predicted octanol–water partition coefficient (Wildman–Crippen LogP) is 2.08. The number of sulfonamides is 1. The second-order valence-corrected chi connectivity index (χ2v) is 9.30. The van der Waals surface area contributed by atoms with E-state index in [1.54, 1.807) is 31.3 Å². The van der Waals surface area contributed by atoms with Gasteiger partial charge < -0.3 is 10.6 Å². The highest BCUT2D eigenvalue weighted by atomic mass is 32.2. The minimum Gasteiger partial charge on any atom is -0.355 e. The zero-order valence-electron chi connectivity index (χ0n) is 17.6. The molecule has 0 atom stereocenters. The topological polar surface area (TPSA) is 95.6 Å². The molecule has 2 aromatic carbocycles. The summed E-state index contributed by atoms with van der Waals surface area (Å²) in [6, 6.07) is 15.7. The first kappa shape index (κ1) is 23.6. The maximum absolute atomic E-state index is 12.5. The van der Waals surface area contributed by atoms with Crippen LogP contribution < -0.4 is 10.6 Å². The molecule has 2 N–H and O–H groups in total. The molecule has 2 amide bonds. The van der Waals surface area contributed by atoms with E-state index in [4.69, 9.17) is 0 Å². The molecule has 0 aliphatic heterocycles. The minimum atomic E-state index is -3.52. The number of nitrogens with zero attached hydrogens (tertiary/aromatic N) is 1. The molecule has 0 unspecified atom stereocenters. The van der Waals surface area contributed by atoms with E-state index < -0.39 is 10.0 Å². The highest BCUT2D eigenvalue weighted by Crippen LogP contribution is 2.17. The van der Waals surface area contributed by atoms with E-state index >= 15 is 0 Å². The van der Waals surface area contributed by atoms with Gasteiger partial charge in [0.15, 0.2) is 0 Å². The lowest BCUT2D eigenvalue weighted by atomic mass is 10.1. The van der Waals surface area contributed by atoms with Crippen LogP contribution in [-0.4, -0.2) is 44.2 Å². The van der Waals surface area contributed by atoms with Crippen molar-refractivity contribution in [1.29, 1.82) is 0 Å². The first-order valence-corrected chi connectivity index (χ1v) is 11.3. The van der Waals surface area contributed by atoms with Crippen molar-refractivity contribution >= 4 is 21.8 Å². The fourth-order valence-corrected chi connectivity index (χ4v) is 4.04. The van der Waals surface area contributed by atoms with Gasteiger partial charge >= 0.3 is 0 Å². The van der Waals surface area contributed by atoms with E-state index in [2.05, 4.69) is 10.6 Å². The van der Waals surface area contributed by atoms with E-state index in [0.29, 0.717) is 0 Å². The molecule has 0 aromatic heterocycles. The molecule has 0 fully saturated rings. The largest absolute Gasteiger partial charge is 0.355 e. The average Bonchev–Trinajstić information content (AvgIpc) is 2.72. The molecule has 0 aliphatic carbocycles. The number of hydrogen-bond acceptors (Lipinski definition) is 4. The van der Waals surface area contributed by atoms with Crippen LogP contribution in [-0.2, 0) is 32.6 Å². The molecule has 0 radical (unpaired) electrons. The Bertz CT molecular complexity index is 942. The molecule has 0 heterocycles. The molecule has 2 aromatic rings. The van der Waals surface area contributed by atoms with Crippen molar-refractivity contribution in [3.8, 4) is 0 Å². The van der Waals surface area contributed by atoms with Crippen LogP contribution in [0.4, 0.5) is 0 Å². The summed E-state index contributed by atoms with van der Waals surface area (Å²) in [6.07, 6.45) is 0.454. The van der Waals surface area contributed by atoms with Crippen LogP contribution in [0, 0.1) is 0 Å². The lowest BCUT2D eigenvalue weighted by molar-refractivity contribution is -0.122. The maximum Gasteiger partial charge on any atom is 0.243 e. The van der Waals surface area contributed by atoms with Crippen LogP contribution in [0.15, 0.2) is 59.5 Å². The first-order valence-electron chi connectivity index (χ1n) is 9.84. The third-order valence-electron chi connectivity index (χ3n) is 4.70. The van der Waals surface area contributed by atoms with Crippen molar-refractivity contribution in [1.82, 2.24) is 14.9 Å². The summed E-state index contributed by atoms with van der Waals surface area (Å²) in [7, 11) is -1.97. The van der Waals surface area contributed by atoms with Gasteiger partial charge in [0.1, 0.15) is 0 Å². The number of carbonyl (C=O) groups is 2. The molecule has 0 saturated carbocycles. The number of carbonyl (C=O) groups excluding carboxylic acids is 2. The third kappa shape index (κ3) is 6.96. The van der Waals surface area contributed by atoms with Crippen molar-refractivity contribution in [3.63, 3.8) is 0 Å². The lowest BCUT2D eigenvalue weighted by Gasteiger charge is -2.21. The molecular formula is C22H29N3O4S. The van der Waals surface area contributed by atoms with E-state index in [0.717, 1.165) is 11.1 Å². The molecule has 2 rings (SSSR count). The van der Waals surface area contributed by atoms with Crippen molar-refractivity contribution in [2.75, 3.05) is 13.6 Å². The van der Waals surface area contributed by atoms with Crippen molar-refractivity contribution in [2.24, 2.45) is 0 Å². The van der Waals surface area contributed by atoms with Crippen LogP contribution in [0.2, 0.25) is 0 Å². The van der Waals surface area contributed by atoms with Gasteiger partial charge in [0.05, 0.1) is 11.3 Å². The number of rotatable bonds is 10. The Labute approximate surface area is 178 Å². The van der Waals surface area contributed by atoms with Gasteiger partial charge in [-0.15, -0.1) is 0 Å². The van der Waals surface area contributed by atoms with Gasteiger partial charge in [-0.25, -0.2) is 8.42 Å². The molecule has 0 saturated heterocycles. The summed E-state index contributed by atoms with van der Waals surface area (Å²) in [4.78, 5) is 24.1. The second kappa shape index (κ2) is 10.9. The number of nitrogens with one attached hydrogen (secondary N) is 2. The SMILES string of the molecule is CC(C)N(C)S(=O)(=O)c1ccc(CNC(=O)CCNC(=O)Cc2ccccc2)cc1. The van der Waals surface area contributed by atoms with E-state index in [9.17, 15) is 18.0 Å². The molecule has 8 heteroatoms. The predicted molar refractivity (Wildman–Crippen MR) is 116 cm³/mol. The molecule has 30 heavy (non-hydrogen) atoms. The molecule has 0 bridgehead atoms. The average molecular weight is 432 g/mol. The van der Waals surface area contributed by atoms with Crippen molar-refractivity contribution in [3.05, 3.63) is 65.7 Å². The fraction of sp³-hybridized carbons (Fsp3) is 0.364. The first-order chi connectivity index (χ1) is 14.2. The van der Waals surface area contributed by atoms with Gasteiger partial charge in [0.2, 0.25) is 21.8 Å². The quantitative estimate of drug-likeness (QED) is 0.602. The van der Waals surface area contributed by atoms with Crippen LogP contribution in [0.3, 0.4) is 0 Å². The standard InChI is InChI=1S/C22H29N3O4S/c1-17(2)25(3)30(28,29)20-11-9-19(10-12-20)16-24-21(26)13-14-23-22(27)15-18-7-5-4-6-8-18/h4-12,17H,13-16H2,1-3H3,(H,23,27)(H,24,26). The molecule has 162 valence electrons. The Hall–Kier alpha value is -2.71. The lowest BCUT2D eigenvalue weighted by Crippen LogP contribution is -2.33. The molecular weight excluding hydrogens is 402 g/mol. The summed E-state index contributed by atoms with van der Waals surface area (Å²) in [5, 5.41) is 5.50. The van der Waals surface area contributed by atoms with Crippen molar-refractivity contribution < 1.29 is 18.0 Å². The smallest absolute Gasteiger partial charge is 0.243 e. The minimum absolute atomic E-state index is 0.128. The van der Waals surface area contributed by atoms with Gasteiger partial charge in [0.25, 0.3) is 0 Å². The Morgan fingerprint density at radius 1 is 0.900 bits per heavy atom. The van der Waals surface area contributed by atoms with Gasteiger partial charge in [0, 0.05) is 32.6 Å². The van der Waals surface area contributed by atoms with Gasteiger partial charge in [-0.05, 0) is 37.1 Å². The zero-order valence-corrected chi connectivity index (χ0v) is 18.4. The third-order valence-corrected chi connectivity index (χ3v) is 6.75. The highest BCUT2D eigenvalue weighted by molar-refractivity contribution is 7.89. The van der Waals surface area contributed by atoms with E-state index in [-0.39, 0.29) is 48.7 Å². The summed E-state index contributed by atoms with van der Waals surface area (Å²) in [6.45, 7) is 4.17. The Kier molecular flexibility index (Phi) is 8.56. The number of benzene rings is 2. The van der Waals surface area contributed by atoms with Crippen LogP contribution in [0.25, 0.3) is 0 Å². The second-order valence-electron chi connectivity index (χ2n) is 7.30. The number of hydrogen-bond donors (Lipinski definition) is 2. The summed E-state index contributed by atoms with van der Waals surface area (Å²) >= 11 is 0. The fourth-order valence-electron chi connectivity index (χ4n) is 2.67. The van der Waals surface area contributed by atoms with Gasteiger partial charge in [-0.1, -0.05) is 42.5 Å². The van der Waals surface area contributed by atoms with E-state index in [1.165, 1.54) is 4.31 Å². The van der Waals surface area contributed by atoms with Gasteiger partial charge in [-0.3, -0.25) is 9.59 Å². The maximum atomic E-state index is 12.5. The Morgan fingerprint density at radius 2 is 1.53 bits per heavy atom. The summed E-state index contributed by atoms with van der Waals surface area (Å²) < 4.78 is 26.2. The Morgan fingerprint density at radius 3 is 2.13 bits per heavy atom. The van der Waals surface area contributed by atoms with Crippen molar-refractivity contribution in [2.45, 2.75) is 44.2 Å². The monoisotopic (exact) mass is 431 g/mol. The number of amides is 2. The zero-order chi connectivity index (χ0) is 22.1. The molecule has 0 aliphatic rings. The van der Waals surface area contributed by atoms with E-state index in [1.807, 2.05) is 44.2 Å². The van der Waals surface area contributed by atoms with Crippen LogP contribution >= 0.6 is 0 Å². The summed E-state index contributed by atoms with van der Waals surface area (Å²) in [5.41, 5.74) is 1.71.